The van der Waals surface area contributed by atoms with Gasteiger partial charge in [0.05, 0.1) is 6.20 Å². The van der Waals surface area contributed by atoms with Crippen molar-refractivity contribution in [1.29, 1.82) is 0 Å². The molecule has 0 spiro atoms. The molecule has 0 amide bonds. The van der Waals surface area contributed by atoms with Gasteiger partial charge in [0.25, 0.3) is 0 Å². The number of nitrogens with one attached hydrogen (secondary N) is 2. The molecule has 2 rings (SSSR count). The van der Waals surface area contributed by atoms with Gasteiger partial charge in [0.2, 0.25) is 5.95 Å². The summed E-state index contributed by atoms with van der Waals surface area (Å²) in [6, 6.07) is 0. The van der Waals surface area contributed by atoms with Crippen molar-refractivity contribution < 1.29 is 0 Å². The zero-order chi connectivity index (χ0) is 14.4. The number of halogens is 1. The van der Waals surface area contributed by atoms with Crippen LogP contribution in [0.25, 0.3) is 0 Å². The van der Waals surface area contributed by atoms with Gasteiger partial charge in [-0.25, -0.2) is 4.98 Å². The fraction of sp³-hybridized carbons (Fsp3) is 0.733. The topological polar surface area (TPSA) is 49.8 Å². The Hall–Kier alpha value is -1.03. The molecule has 1 heterocycles. The number of nitrogens with zero attached hydrogens (tertiary/aromatic N) is 2. The monoisotopic (exact) mass is 296 g/mol. The SMILES string of the molecule is CCCNc1ncc(Cl)c(NCC2CCCCC2C)n1. The van der Waals surface area contributed by atoms with Gasteiger partial charge in [-0.05, 0) is 24.7 Å². The third kappa shape index (κ3) is 4.23. The third-order valence-corrected chi connectivity index (χ3v) is 4.37. The van der Waals surface area contributed by atoms with E-state index in [1.165, 1.54) is 25.7 Å². The summed E-state index contributed by atoms with van der Waals surface area (Å²) in [6.07, 6.45) is 8.08. The van der Waals surface area contributed by atoms with Crippen LogP contribution in [0.5, 0.6) is 0 Å². The second-order valence-electron chi connectivity index (χ2n) is 5.72. The van der Waals surface area contributed by atoms with Crippen LogP contribution in [-0.4, -0.2) is 23.1 Å². The summed E-state index contributed by atoms with van der Waals surface area (Å²) in [6.45, 7) is 6.29. The highest BCUT2D eigenvalue weighted by molar-refractivity contribution is 6.32. The van der Waals surface area contributed by atoms with Crippen molar-refractivity contribution in [3.8, 4) is 0 Å². The predicted octanol–water partition coefficient (Wildman–Crippen LogP) is 4.19. The van der Waals surface area contributed by atoms with Crippen LogP contribution in [0, 0.1) is 11.8 Å². The largest absolute Gasteiger partial charge is 0.368 e. The van der Waals surface area contributed by atoms with E-state index in [2.05, 4.69) is 34.4 Å². The maximum absolute atomic E-state index is 6.17. The zero-order valence-electron chi connectivity index (χ0n) is 12.5. The average molecular weight is 297 g/mol. The van der Waals surface area contributed by atoms with Gasteiger partial charge in [0.1, 0.15) is 10.8 Å². The van der Waals surface area contributed by atoms with Crippen molar-refractivity contribution in [2.75, 3.05) is 23.7 Å². The molecule has 2 atom stereocenters. The summed E-state index contributed by atoms with van der Waals surface area (Å²) >= 11 is 6.17. The molecule has 1 aliphatic carbocycles. The molecule has 1 fully saturated rings. The first-order valence-corrected chi connectivity index (χ1v) is 8.08. The first kappa shape index (κ1) is 15.4. The van der Waals surface area contributed by atoms with Gasteiger partial charge in [-0.2, -0.15) is 4.98 Å². The Morgan fingerprint density at radius 2 is 2.10 bits per heavy atom. The number of hydrogen-bond donors (Lipinski definition) is 2. The lowest BCUT2D eigenvalue weighted by Crippen LogP contribution is -2.24. The lowest BCUT2D eigenvalue weighted by molar-refractivity contribution is 0.268. The summed E-state index contributed by atoms with van der Waals surface area (Å²) in [7, 11) is 0. The normalized spacial score (nSPS) is 22.6. The van der Waals surface area contributed by atoms with E-state index in [9.17, 15) is 0 Å². The van der Waals surface area contributed by atoms with Crippen LogP contribution < -0.4 is 10.6 Å². The average Bonchev–Trinajstić information content (AvgIpc) is 2.46. The molecular weight excluding hydrogens is 272 g/mol. The molecule has 1 aromatic rings. The van der Waals surface area contributed by atoms with Crippen molar-refractivity contribution in [2.45, 2.75) is 46.0 Å². The first-order chi connectivity index (χ1) is 9.70. The van der Waals surface area contributed by atoms with E-state index >= 15 is 0 Å². The van der Waals surface area contributed by atoms with Crippen molar-refractivity contribution in [3.63, 3.8) is 0 Å². The van der Waals surface area contributed by atoms with E-state index in [-0.39, 0.29) is 0 Å². The molecule has 0 aromatic carbocycles. The van der Waals surface area contributed by atoms with Crippen LogP contribution >= 0.6 is 11.6 Å². The minimum atomic E-state index is 0.593. The maximum Gasteiger partial charge on any atom is 0.224 e. The number of anilines is 2. The van der Waals surface area contributed by atoms with Gasteiger partial charge >= 0.3 is 0 Å². The molecule has 112 valence electrons. The summed E-state index contributed by atoms with van der Waals surface area (Å²) in [5, 5.41) is 7.19. The van der Waals surface area contributed by atoms with Gasteiger partial charge in [-0.15, -0.1) is 0 Å². The van der Waals surface area contributed by atoms with Crippen molar-refractivity contribution in [3.05, 3.63) is 11.2 Å². The first-order valence-electron chi connectivity index (χ1n) is 7.71. The van der Waals surface area contributed by atoms with Gasteiger partial charge in [-0.1, -0.05) is 44.7 Å². The quantitative estimate of drug-likeness (QED) is 0.826. The smallest absolute Gasteiger partial charge is 0.224 e. The van der Waals surface area contributed by atoms with Gasteiger partial charge < -0.3 is 10.6 Å². The van der Waals surface area contributed by atoms with Crippen LogP contribution in [0.3, 0.4) is 0 Å². The van der Waals surface area contributed by atoms with Crippen LogP contribution in [0.15, 0.2) is 6.20 Å². The minimum absolute atomic E-state index is 0.593. The summed E-state index contributed by atoms with van der Waals surface area (Å²) in [4.78, 5) is 8.65. The van der Waals surface area contributed by atoms with E-state index in [0.717, 1.165) is 37.2 Å². The highest BCUT2D eigenvalue weighted by Crippen LogP contribution is 2.30. The highest BCUT2D eigenvalue weighted by Gasteiger charge is 2.21. The fourth-order valence-corrected chi connectivity index (χ4v) is 2.90. The summed E-state index contributed by atoms with van der Waals surface area (Å²) in [5.41, 5.74) is 0. The Labute approximate surface area is 126 Å². The number of hydrogen-bond acceptors (Lipinski definition) is 4. The van der Waals surface area contributed by atoms with Gasteiger partial charge in [0.15, 0.2) is 0 Å². The molecule has 0 radical (unpaired) electrons. The van der Waals surface area contributed by atoms with Crippen molar-refractivity contribution >= 4 is 23.4 Å². The molecule has 0 bridgehead atoms. The molecule has 1 aromatic heterocycles. The highest BCUT2D eigenvalue weighted by atomic mass is 35.5. The molecule has 0 saturated heterocycles. The third-order valence-electron chi connectivity index (χ3n) is 4.10. The van der Waals surface area contributed by atoms with Crippen LogP contribution in [-0.2, 0) is 0 Å². The van der Waals surface area contributed by atoms with E-state index in [4.69, 9.17) is 11.6 Å². The number of rotatable bonds is 6. The molecule has 5 heteroatoms. The van der Waals surface area contributed by atoms with E-state index in [1.54, 1.807) is 6.20 Å². The zero-order valence-corrected chi connectivity index (χ0v) is 13.2. The second-order valence-corrected chi connectivity index (χ2v) is 6.13. The molecule has 2 N–H and O–H groups in total. The Morgan fingerprint density at radius 1 is 1.30 bits per heavy atom. The lowest BCUT2D eigenvalue weighted by atomic mass is 9.80. The molecule has 1 aliphatic rings. The van der Waals surface area contributed by atoms with Crippen LogP contribution in [0.2, 0.25) is 5.02 Å². The standard InChI is InChI=1S/C15H25ClN4/c1-3-8-17-15-19-10-13(16)14(20-15)18-9-12-7-5-4-6-11(12)2/h10-12H,3-9H2,1-2H3,(H2,17,18,19,20). The molecule has 0 aliphatic heterocycles. The Bertz CT molecular complexity index is 424. The Kier molecular flexibility index (Phi) is 5.89. The van der Waals surface area contributed by atoms with Crippen molar-refractivity contribution in [2.24, 2.45) is 11.8 Å². The van der Waals surface area contributed by atoms with Crippen LogP contribution in [0.4, 0.5) is 11.8 Å². The van der Waals surface area contributed by atoms with E-state index < -0.39 is 0 Å². The second kappa shape index (κ2) is 7.67. The molecule has 20 heavy (non-hydrogen) atoms. The lowest BCUT2D eigenvalue weighted by Gasteiger charge is -2.29. The summed E-state index contributed by atoms with van der Waals surface area (Å²) in [5.74, 6) is 2.91. The fourth-order valence-electron chi connectivity index (χ4n) is 2.74. The molecular formula is C15H25ClN4. The number of aromatic nitrogens is 2. The van der Waals surface area contributed by atoms with Crippen LogP contribution in [0.1, 0.15) is 46.0 Å². The minimum Gasteiger partial charge on any atom is -0.368 e. The van der Waals surface area contributed by atoms with Crippen molar-refractivity contribution in [1.82, 2.24) is 9.97 Å². The molecule has 1 saturated carbocycles. The van der Waals surface area contributed by atoms with E-state index in [0.29, 0.717) is 11.0 Å². The Balaban J connectivity index is 1.93. The maximum atomic E-state index is 6.17. The Morgan fingerprint density at radius 3 is 2.85 bits per heavy atom. The van der Waals surface area contributed by atoms with Gasteiger partial charge in [0, 0.05) is 13.1 Å². The van der Waals surface area contributed by atoms with Gasteiger partial charge in [-0.3, -0.25) is 0 Å². The van der Waals surface area contributed by atoms with E-state index in [1.807, 2.05) is 0 Å². The molecule has 2 unspecified atom stereocenters. The predicted molar refractivity (Wildman–Crippen MR) is 85.4 cm³/mol. The summed E-state index contributed by atoms with van der Waals surface area (Å²) < 4.78 is 0. The molecule has 4 nitrogen and oxygen atoms in total.